The first-order valence-corrected chi connectivity index (χ1v) is 26.7. The number of fused-ring (bicyclic) bond motifs is 7. The molecular weight excluding hydrogens is 953 g/mol. The molecule has 10 rings (SSSR count). The van der Waals surface area contributed by atoms with Crippen LogP contribution in [0.25, 0.3) is 0 Å². The SMILES string of the molecule is CC1CC[C@@]2(OC1)O[C@H]1C[C@H]3[C@@H]4CCC5C[C@@H](O[C@H]6O[C@H](CO)[C@H](O[C@H]7O[C@H](CO)[C@@H](O)[C@H](O[C@@H]8O[C@H](CO)[C@@H](O)[C@H](O)[C@H]8O)[C@H]7O[C@H]7OC[C@@H](O)[C@H](O)[C@H]7O)[C@H](O)[C@H]6O)CC[C@]5(C)[C@H]4CC[C@]3(C)[C@H]1[C@@H]2C. The lowest BCUT2D eigenvalue weighted by Crippen LogP contribution is -2.68. The Balaban J connectivity index is 0.810. The summed E-state index contributed by atoms with van der Waals surface area (Å²) in [5, 5.41) is 129. The maximum atomic E-state index is 11.8. The normalized spacial score (nSPS) is 57.8. The average Bonchev–Trinajstić information content (AvgIpc) is 3.82. The Morgan fingerprint density at radius 3 is 1.85 bits per heavy atom. The highest BCUT2D eigenvalue weighted by Crippen LogP contribution is 2.71. The molecule has 0 aromatic heterocycles. The van der Waals surface area contributed by atoms with Crippen molar-refractivity contribution in [3.63, 3.8) is 0 Å². The van der Waals surface area contributed by atoms with Gasteiger partial charge in [0.05, 0.1) is 45.2 Å². The summed E-state index contributed by atoms with van der Waals surface area (Å²) in [4.78, 5) is 0. The second-order valence-corrected chi connectivity index (χ2v) is 23.9. The maximum Gasteiger partial charge on any atom is 0.187 e. The summed E-state index contributed by atoms with van der Waals surface area (Å²) in [6, 6.07) is 0. The predicted octanol–water partition coefficient (Wildman–Crippen LogP) is -2.27. The van der Waals surface area contributed by atoms with E-state index in [4.69, 9.17) is 47.4 Å². The van der Waals surface area contributed by atoms with Crippen molar-refractivity contribution in [2.75, 3.05) is 33.0 Å². The fourth-order valence-corrected chi connectivity index (χ4v) is 15.9. The zero-order valence-electron chi connectivity index (χ0n) is 41.7. The van der Waals surface area contributed by atoms with Gasteiger partial charge in [-0.15, -0.1) is 0 Å². The summed E-state index contributed by atoms with van der Waals surface area (Å²) in [5.41, 5.74) is 0.295. The fourth-order valence-electron chi connectivity index (χ4n) is 15.9. The van der Waals surface area contributed by atoms with Crippen molar-refractivity contribution >= 4 is 0 Å². The van der Waals surface area contributed by atoms with Crippen molar-refractivity contribution < 1.29 is 109 Å². The van der Waals surface area contributed by atoms with E-state index in [1.54, 1.807) is 0 Å². The Morgan fingerprint density at radius 1 is 0.514 bits per heavy atom. The Morgan fingerprint density at radius 2 is 1.14 bits per heavy atom. The summed E-state index contributed by atoms with van der Waals surface area (Å²) in [5.74, 6) is 3.07. The second kappa shape index (κ2) is 21.1. The molecule has 22 nitrogen and oxygen atoms in total. The first-order chi connectivity index (χ1) is 34.3. The zero-order chi connectivity index (χ0) is 51.3. The van der Waals surface area contributed by atoms with Gasteiger partial charge < -0.3 is 109 Å². The number of ether oxygens (including phenoxy) is 10. The Hall–Kier alpha value is -0.880. The van der Waals surface area contributed by atoms with Crippen LogP contribution in [0.15, 0.2) is 0 Å². The highest BCUT2D eigenvalue weighted by molar-refractivity contribution is 5.15. The molecule has 0 aromatic rings. The van der Waals surface area contributed by atoms with Crippen molar-refractivity contribution in [3.05, 3.63) is 0 Å². The van der Waals surface area contributed by atoms with Gasteiger partial charge in [-0.25, -0.2) is 0 Å². The molecule has 4 aliphatic carbocycles. The van der Waals surface area contributed by atoms with E-state index in [1.165, 1.54) is 12.8 Å². The monoisotopic (exact) mass is 1030 g/mol. The van der Waals surface area contributed by atoms with E-state index in [-0.39, 0.29) is 23.0 Å². The summed E-state index contributed by atoms with van der Waals surface area (Å²) in [6.07, 6.45) is -22.8. The van der Waals surface area contributed by atoms with E-state index in [2.05, 4.69) is 27.7 Å². The van der Waals surface area contributed by atoms with Gasteiger partial charge in [-0.2, -0.15) is 0 Å². The molecule has 10 fully saturated rings. The maximum absolute atomic E-state index is 11.8. The third-order valence-corrected chi connectivity index (χ3v) is 20.0. The molecule has 6 heterocycles. The van der Waals surface area contributed by atoms with E-state index in [9.17, 15) is 61.3 Å². The van der Waals surface area contributed by atoms with Gasteiger partial charge >= 0.3 is 0 Å². The molecule has 72 heavy (non-hydrogen) atoms. The molecule has 6 saturated heterocycles. The molecule has 31 atom stereocenters. The molecule has 6 aliphatic heterocycles. The molecule has 414 valence electrons. The standard InChI is InChI=1S/C50H82O22/c1-20-7-12-50(64-18-20)21(2)32-28(72-50)14-26-24-6-5-22-13-23(8-10-48(22,3)25(24)9-11-49(26,32)4)65-45-40(62)37(59)41(31(17-53)68-45)69-47-43(71-44-38(60)33(55)27(54)19-63-44)42(35(57)30(16-52)67-47)70-46-39(61)36(58)34(56)29(15-51)66-46/h20-47,51-62H,5-19H2,1-4H3/t20?,21-,22?,23-,24+,25-,26-,27+,28-,29+,30+,31+,32-,33-,34+,35+,36-,37+,38+,39+,40+,41-,42-,43+,44+,45-,46-,47+,48-,49-,50+/m0/s1. The van der Waals surface area contributed by atoms with Crippen LogP contribution in [0, 0.1) is 52.3 Å². The lowest BCUT2D eigenvalue weighted by Gasteiger charge is -2.61. The van der Waals surface area contributed by atoms with E-state index in [0.29, 0.717) is 47.8 Å². The Labute approximate surface area is 419 Å². The molecule has 12 N–H and O–H groups in total. The minimum Gasteiger partial charge on any atom is -0.394 e. The van der Waals surface area contributed by atoms with Gasteiger partial charge in [0.2, 0.25) is 0 Å². The lowest BCUT2D eigenvalue weighted by molar-refractivity contribution is -0.403. The zero-order valence-corrected chi connectivity index (χ0v) is 41.7. The van der Waals surface area contributed by atoms with E-state index < -0.39 is 149 Å². The van der Waals surface area contributed by atoms with Gasteiger partial charge in [-0.3, -0.25) is 0 Å². The predicted molar refractivity (Wildman–Crippen MR) is 242 cm³/mol. The second-order valence-electron chi connectivity index (χ2n) is 23.9. The van der Waals surface area contributed by atoms with Crippen molar-refractivity contribution in [2.45, 2.75) is 227 Å². The minimum atomic E-state index is -1.98. The number of aliphatic hydroxyl groups excluding tert-OH is 12. The number of aliphatic hydroxyl groups is 12. The summed E-state index contributed by atoms with van der Waals surface area (Å²) < 4.78 is 61.4. The summed E-state index contributed by atoms with van der Waals surface area (Å²) in [6.45, 7) is 7.42. The van der Waals surface area contributed by atoms with Crippen LogP contribution in [-0.4, -0.2) is 229 Å². The highest BCUT2D eigenvalue weighted by atomic mass is 16.8. The van der Waals surface area contributed by atoms with Crippen LogP contribution in [0.5, 0.6) is 0 Å². The molecule has 2 unspecified atom stereocenters. The number of hydrogen-bond acceptors (Lipinski definition) is 22. The van der Waals surface area contributed by atoms with E-state index >= 15 is 0 Å². The van der Waals surface area contributed by atoms with Crippen LogP contribution in [-0.2, 0) is 47.4 Å². The lowest BCUT2D eigenvalue weighted by atomic mass is 9.44. The topological polar surface area (TPSA) is 335 Å². The molecule has 0 aromatic carbocycles. The highest BCUT2D eigenvalue weighted by Gasteiger charge is 2.69. The van der Waals surface area contributed by atoms with Crippen LogP contribution in [0.2, 0.25) is 0 Å². The average molecular weight is 1040 g/mol. The van der Waals surface area contributed by atoms with Gasteiger partial charge in [0.15, 0.2) is 30.9 Å². The van der Waals surface area contributed by atoms with Gasteiger partial charge in [0.25, 0.3) is 0 Å². The molecule has 0 bridgehead atoms. The number of hydrogen-bond donors (Lipinski definition) is 12. The van der Waals surface area contributed by atoms with Gasteiger partial charge in [-0.1, -0.05) is 27.7 Å². The molecule has 22 heteroatoms. The molecule has 0 radical (unpaired) electrons. The minimum absolute atomic E-state index is 0.0931. The van der Waals surface area contributed by atoms with Crippen LogP contribution in [0.1, 0.15) is 91.9 Å². The summed E-state index contributed by atoms with van der Waals surface area (Å²) >= 11 is 0. The molecular formula is C50H82O22. The third kappa shape index (κ3) is 9.26. The van der Waals surface area contributed by atoms with Crippen LogP contribution >= 0.6 is 0 Å². The first kappa shape index (κ1) is 54.5. The third-order valence-electron chi connectivity index (χ3n) is 20.0. The smallest absolute Gasteiger partial charge is 0.187 e. The number of rotatable bonds is 11. The van der Waals surface area contributed by atoms with Crippen molar-refractivity contribution in [3.8, 4) is 0 Å². The van der Waals surface area contributed by atoms with E-state index in [0.717, 1.165) is 51.6 Å². The van der Waals surface area contributed by atoms with Gasteiger partial charge in [0.1, 0.15) is 91.6 Å². The quantitative estimate of drug-likeness (QED) is 0.0971. The van der Waals surface area contributed by atoms with Crippen LogP contribution < -0.4 is 0 Å². The van der Waals surface area contributed by atoms with Gasteiger partial charge in [-0.05, 0) is 104 Å². The molecule has 4 saturated carbocycles. The van der Waals surface area contributed by atoms with Crippen LogP contribution in [0.3, 0.4) is 0 Å². The van der Waals surface area contributed by atoms with Gasteiger partial charge in [0, 0.05) is 12.3 Å². The van der Waals surface area contributed by atoms with Crippen molar-refractivity contribution in [1.82, 2.24) is 0 Å². The van der Waals surface area contributed by atoms with Crippen molar-refractivity contribution in [2.24, 2.45) is 52.3 Å². The van der Waals surface area contributed by atoms with Crippen LogP contribution in [0.4, 0.5) is 0 Å². The van der Waals surface area contributed by atoms with Crippen molar-refractivity contribution in [1.29, 1.82) is 0 Å². The molecule has 0 amide bonds. The summed E-state index contributed by atoms with van der Waals surface area (Å²) in [7, 11) is 0. The molecule has 1 spiro atoms. The first-order valence-electron chi connectivity index (χ1n) is 26.7. The Kier molecular flexibility index (Phi) is 15.9. The largest absolute Gasteiger partial charge is 0.394 e. The van der Waals surface area contributed by atoms with E-state index in [1.807, 2.05) is 0 Å². The fraction of sp³-hybridized carbons (Fsp3) is 1.00. The molecule has 10 aliphatic rings. The Bertz CT molecular complexity index is 1830.